The number of nitrogens with zero attached hydrogens (tertiary/aromatic N) is 1. The molecule has 0 saturated heterocycles. The van der Waals surface area contributed by atoms with Crippen LogP contribution in [0.5, 0.6) is 0 Å². The second-order valence-electron chi connectivity index (χ2n) is 6.29. The fourth-order valence-electron chi connectivity index (χ4n) is 2.82. The number of anilines is 2. The average Bonchev–Trinajstić information content (AvgIpc) is 2.40. The topological polar surface area (TPSA) is 67.2 Å². The van der Waals surface area contributed by atoms with E-state index in [1.165, 1.54) is 0 Å². The largest absolute Gasteiger partial charge is 0.382 e. The first-order chi connectivity index (χ1) is 9.43. The van der Waals surface area contributed by atoms with Gasteiger partial charge in [0.05, 0.1) is 4.92 Å². The fourth-order valence-corrected chi connectivity index (χ4v) is 2.82. The lowest BCUT2D eigenvalue weighted by atomic mass is 9.75. The second kappa shape index (κ2) is 5.69. The molecule has 0 aliphatic heterocycles. The summed E-state index contributed by atoms with van der Waals surface area (Å²) in [5, 5.41) is 17.5. The molecule has 1 aliphatic carbocycles. The maximum Gasteiger partial charge on any atom is 0.315 e. The van der Waals surface area contributed by atoms with E-state index in [9.17, 15) is 10.1 Å². The van der Waals surface area contributed by atoms with E-state index < -0.39 is 0 Å². The predicted octanol–water partition coefficient (Wildman–Crippen LogP) is 4.02. The second-order valence-corrected chi connectivity index (χ2v) is 6.29. The fraction of sp³-hybridized carbons (Fsp3) is 0.600. The van der Waals surface area contributed by atoms with E-state index in [4.69, 9.17) is 0 Å². The monoisotopic (exact) mass is 277 g/mol. The van der Waals surface area contributed by atoms with Crippen LogP contribution in [0, 0.1) is 15.5 Å². The molecule has 110 valence electrons. The van der Waals surface area contributed by atoms with E-state index in [0.717, 1.165) is 25.7 Å². The minimum absolute atomic E-state index is 0.139. The summed E-state index contributed by atoms with van der Waals surface area (Å²) in [6, 6.07) is 5.69. The Labute approximate surface area is 119 Å². The van der Waals surface area contributed by atoms with Crippen molar-refractivity contribution < 1.29 is 4.92 Å². The van der Waals surface area contributed by atoms with E-state index in [1.54, 1.807) is 19.2 Å². The van der Waals surface area contributed by atoms with Crippen LogP contribution < -0.4 is 10.6 Å². The molecule has 5 heteroatoms. The van der Waals surface area contributed by atoms with Gasteiger partial charge in [-0.15, -0.1) is 0 Å². The van der Waals surface area contributed by atoms with Crippen molar-refractivity contribution in [2.75, 3.05) is 17.7 Å². The molecule has 2 N–H and O–H groups in total. The molecular formula is C15H23N3O2. The van der Waals surface area contributed by atoms with E-state index in [1.807, 2.05) is 6.07 Å². The molecule has 1 aromatic carbocycles. The van der Waals surface area contributed by atoms with Crippen LogP contribution >= 0.6 is 0 Å². The number of rotatable bonds is 4. The number of benzene rings is 1. The number of hydrogen-bond acceptors (Lipinski definition) is 4. The number of nitro groups is 1. The van der Waals surface area contributed by atoms with Crippen LogP contribution in [0.2, 0.25) is 0 Å². The van der Waals surface area contributed by atoms with E-state index >= 15 is 0 Å². The lowest BCUT2D eigenvalue weighted by Crippen LogP contribution is -2.30. The van der Waals surface area contributed by atoms with Gasteiger partial charge in [0.25, 0.3) is 0 Å². The number of para-hydroxylation sites is 1. The standard InChI is InChI=1S/C15H23N3O2/c1-15(2)9-7-11(8-10-15)17-13-6-4-5-12(16-3)14(13)18(19)20/h4-6,11,16-17H,7-10H2,1-3H3. The quantitative estimate of drug-likeness (QED) is 0.644. The molecule has 0 spiro atoms. The van der Waals surface area contributed by atoms with Crippen molar-refractivity contribution >= 4 is 17.1 Å². The summed E-state index contributed by atoms with van der Waals surface area (Å²) in [7, 11) is 1.70. The maximum absolute atomic E-state index is 11.3. The molecule has 5 nitrogen and oxygen atoms in total. The molecule has 1 aliphatic rings. The zero-order valence-electron chi connectivity index (χ0n) is 12.4. The number of nitro benzene ring substituents is 1. The minimum Gasteiger partial charge on any atom is -0.382 e. The zero-order valence-corrected chi connectivity index (χ0v) is 12.4. The molecule has 0 amide bonds. The Morgan fingerprint density at radius 2 is 1.85 bits per heavy atom. The van der Waals surface area contributed by atoms with E-state index in [2.05, 4.69) is 24.5 Å². The third-order valence-electron chi connectivity index (χ3n) is 4.19. The molecule has 0 aromatic heterocycles. The van der Waals surface area contributed by atoms with Crippen molar-refractivity contribution in [3.05, 3.63) is 28.3 Å². The van der Waals surface area contributed by atoms with Gasteiger partial charge in [-0.2, -0.15) is 0 Å². The Hall–Kier alpha value is -1.78. The summed E-state index contributed by atoms with van der Waals surface area (Å²) in [5.74, 6) is 0. The molecular weight excluding hydrogens is 254 g/mol. The molecule has 1 saturated carbocycles. The van der Waals surface area contributed by atoms with Gasteiger partial charge in [0, 0.05) is 13.1 Å². The van der Waals surface area contributed by atoms with Gasteiger partial charge in [-0.25, -0.2) is 0 Å². The molecule has 0 heterocycles. The zero-order chi connectivity index (χ0) is 14.8. The van der Waals surface area contributed by atoms with Gasteiger partial charge in [0.1, 0.15) is 11.4 Å². The minimum atomic E-state index is -0.319. The highest BCUT2D eigenvalue weighted by Crippen LogP contribution is 2.38. The highest BCUT2D eigenvalue weighted by Gasteiger charge is 2.28. The Balaban J connectivity index is 2.16. The first-order valence-corrected chi connectivity index (χ1v) is 7.15. The van der Waals surface area contributed by atoms with Gasteiger partial charge >= 0.3 is 5.69 Å². The van der Waals surface area contributed by atoms with Gasteiger partial charge in [0.15, 0.2) is 0 Å². The highest BCUT2D eigenvalue weighted by atomic mass is 16.6. The number of nitrogens with one attached hydrogen (secondary N) is 2. The number of hydrogen-bond donors (Lipinski definition) is 2. The molecule has 1 fully saturated rings. The van der Waals surface area contributed by atoms with Gasteiger partial charge in [-0.3, -0.25) is 10.1 Å². The third-order valence-corrected chi connectivity index (χ3v) is 4.19. The summed E-state index contributed by atoms with van der Waals surface area (Å²) in [6.07, 6.45) is 4.44. The molecule has 2 rings (SSSR count). The SMILES string of the molecule is CNc1cccc(NC2CCC(C)(C)CC2)c1[N+](=O)[O-]. The Bertz CT molecular complexity index is 490. The van der Waals surface area contributed by atoms with Crippen LogP contribution in [0.4, 0.5) is 17.1 Å². The van der Waals surface area contributed by atoms with Crippen molar-refractivity contribution in [1.82, 2.24) is 0 Å². The lowest BCUT2D eigenvalue weighted by Gasteiger charge is -2.35. The Kier molecular flexibility index (Phi) is 4.16. The summed E-state index contributed by atoms with van der Waals surface area (Å²) >= 11 is 0. The molecule has 20 heavy (non-hydrogen) atoms. The van der Waals surface area contributed by atoms with Crippen LogP contribution in [0.3, 0.4) is 0 Å². The predicted molar refractivity (Wildman–Crippen MR) is 82.3 cm³/mol. The molecule has 0 radical (unpaired) electrons. The van der Waals surface area contributed by atoms with Gasteiger partial charge in [-0.1, -0.05) is 19.9 Å². The lowest BCUT2D eigenvalue weighted by molar-refractivity contribution is -0.383. The van der Waals surface area contributed by atoms with Crippen LogP contribution in [-0.2, 0) is 0 Å². The van der Waals surface area contributed by atoms with Crippen molar-refractivity contribution in [2.24, 2.45) is 5.41 Å². The van der Waals surface area contributed by atoms with E-state index in [0.29, 0.717) is 22.8 Å². The summed E-state index contributed by atoms with van der Waals surface area (Å²) < 4.78 is 0. The van der Waals surface area contributed by atoms with Crippen LogP contribution in [0.15, 0.2) is 18.2 Å². The van der Waals surface area contributed by atoms with Gasteiger partial charge in [-0.05, 0) is 43.2 Å². The van der Waals surface area contributed by atoms with Crippen molar-refractivity contribution in [1.29, 1.82) is 0 Å². The molecule has 0 bridgehead atoms. The first kappa shape index (κ1) is 14.6. The summed E-state index contributed by atoms with van der Waals surface area (Å²) in [6.45, 7) is 4.57. The molecule has 0 unspecified atom stereocenters. The Morgan fingerprint density at radius 3 is 2.40 bits per heavy atom. The van der Waals surface area contributed by atoms with Gasteiger partial charge < -0.3 is 10.6 Å². The van der Waals surface area contributed by atoms with Crippen LogP contribution in [0.1, 0.15) is 39.5 Å². The maximum atomic E-state index is 11.3. The summed E-state index contributed by atoms with van der Waals surface area (Å²) in [5.41, 5.74) is 1.71. The van der Waals surface area contributed by atoms with Crippen LogP contribution in [0.25, 0.3) is 0 Å². The Morgan fingerprint density at radius 1 is 1.25 bits per heavy atom. The van der Waals surface area contributed by atoms with Crippen molar-refractivity contribution in [2.45, 2.75) is 45.6 Å². The average molecular weight is 277 g/mol. The van der Waals surface area contributed by atoms with Crippen LogP contribution in [-0.4, -0.2) is 18.0 Å². The first-order valence-electron chi connectivity index (χ1n) is 7.15. The van der Waals surface area contributed by atoms with Gasteiger partial charge in [0.2, 0.25) is 0 Å². The van der Waals surface area contributed by atoms with Crippen molar-refractivity contribution in [3.8, 4) is 0 Å². The summed E-state index contributed by atoms with van der Waals surface area (Å²) in [4.78, 5) is 11.0. The highest BCUT2D eigenvalue weighted by molar-refractivity contribution is 5.76. The third kappa shape index (κ3) is 3.21. The molecule has 1 aromatic rings. The smallest absolute Gasteiger partial charge is 0.315 e. The normalized spacial score (nSPS) is 18.6. The van der Waals surface area contributed by atoms with E-state index in [-0.39, 0.29) is 10.6 Å². The van der Waals surface area contributed by atoms with Crippen molar-refractivity contribution in [3.63, 3.8) is 0 Å². The molecule has 0 atom stereocenters.